The number of piperazine rings is 1. The van der Waals surface area contributed by atoms with Crippen molar-refractivity contribution >= 4 is 17.5 Å². The molecule has 1 aromatic rings. The number of hydrogen-bond acceptors (Lipinski definition) is 3. The normalized spacial score (nSPS) is 15.1. The van der Waals surface area contributed by atoms with Crippen molar-refractivity contribution in [1.29, 1.82) is 0 Å². The average Bonchev–Trinajstić information content (AvgIpc) is 2.53. The van der Waals surface area contributed by atoms with Gasteiger partial charge in [-0.2, -0.15) is 0 Å². The average molecular weight is 303 g/mol. The maximum atomic E-state index is 12.0. The third-order valence-corrected chi connectivity index (χ3v) is 3.87. The molecular formula is C17H25N3O2. The summed E-state index contributed by atoms with van der Waals surface area (Å²) in [4.78, 5) is 27.4. The highest BCUT2D eigenvalue weighted by Crippen LogP contribution is 2.17. The summed E-state index contributed by atoms with van der Waals surface area (Å²) in [6.45, 7) is 9.53. The highest BCUT2D eigenvalue weighted by atomic mass is 16.2. The van der Waals surface area contributed by atoms with Crippen LogP contribution in [0.5, 0.6) is 0 Å². The molecule has 0 saturated carbocycles. The van der Waals surface area contributed by atoms with E-state index in [-0.39, 0.29) is 11.8 Å². The van der Waals surface area contributed by atoms with Crippen LogP contribution in [0.15, 0.2) is 24.3 Å². The minimum absolute atomic E-state index is 0.0280. The molecule has 5 nitrogen and oxygen atoms in total. The van der Waals surface area contributed by atoms with Gasteiger partial charge in [-0.15, -0.1) is 0 Å². The van der Waals surface area contributed by atoms with Gasteiger partial charge in [-0.3, -0.25) is 4.79 Å². The molecule has 1 fully saturated rings. The SMILES string of the molecule is CC(=O)c1ccc(N2CCN(C(=O)NCC(C)C)CC2)cc1. The van der Waals surface area contributed by atoms with Crippen LogP contribution >= 0.6 is 0 Å². The maximum Gasteiger partial charge on any atom is 0.317 e. The summed E-state index contributed by atoms with van der Waals surface area (Å²) in [6.07, 6.45) is 0. The molecule has 0 bridgehead atoms. The monoisotopic (exact) mass is 303 g/mol. The van der Waals surface area contributed by atoms with E-state index in [1.54, 1.807) is 6.92 Å². The Hall–Kier alpha value is -2.04. The lowest BCUT2D eigenvalue weighted by atomic mass is 10.1. The molecule has 5 heteroatoms. The first-order valence-corrected chi connectivity index (χ1v) is 7.86. The van der Waals surface area contributed by atoms with Crippen LogP contribution in [0, 0.1) is 5.92 Å². The van der Waals surface area contributed by atoms with Gasteiger partial charge in [-0.1, -0.05) is 13.8 Å². The molecule has 2 rings (SSSR count). The standard InChI is InChI=1S/C17H25N3O2/c1-13(2)12-18-17(22)20-10-8-19(9-11-20)16-6-4-15(5-7-16)14(3)21/h4-7,13H,8-12H2,1-3H3,(H,18,22). The number of nitrogens with zero attached hydrogens (tertiary/aromatic N) is 2. The van der Waals surface area contributed by atoms with Crippen molar-refractivity contribution in [3.8, 4) is 0 Å². The number of Topliss-reactive ketones (excluding diaryl/α,β-unsaturated/α-hetero) is 1. The molecule has 1 heterocycles. The van der Waals surface area contributed by atoms with E-state index in [4.69, 9.17) is 0 Å². The van der Waals surface area contributed by atoms with Crippen molar-refractivity contribution in [3.05, 3.63) is 29.8 Å². The first kappa shape index (κ1) is 16.3. The minimum atomic E-state index is 0.0280. The van der Waals surface area contributed by atoms with Crippen LogP contribution in [0.4, 0.5) is 10.5 Å². The topological polar surface area (TPSA) is 52.7 Å². The second-order valence-electron chi connectivity index (χ2n) is 6.16. The van der Waals surface area contributed by atoms with Crippen LogP contribution in [0.1, 0.15) is 31.1 Å². The summed E-state index contributed by atoms with van der Waals surface area (Å²) in [5, 5.41) is 2.96. The summed E-state index contributed by atoms with van der Waals surface area (Å²) >= 11 is 0. The number of benzene rings is 1. The van der Waals surface area contributed by atoms with Crippen LogP contribution in [0.3, 0.4) is 0 Å². The quantitative estimate of drug-likeness (QED) is 0.869. The van der Waals surface area contributed by atoms with Gasteiger partial charge in [0.25, 0.3) is 0 Å². The largest absolute Gasteiger partial charge is 0.368 e. The zero-order valence-corrected chi connectivity index (χ0v) is 13.6. The maximum absolute atomic E-state index is 12.0. The first-order valence-electron chi connectivity index (χ1n) is 7.86. The minimum Gasteiger partial charge on any atom is -0.368 e. The predicted octanol–water partition coefficient (Wildman–Crippen LogP) is 2.38. The second kappa shape index (κ2) is 7.29. The number of amides is 2. The van der Waals surface area contributed by atoms with Gasteiger partial charge < -0.3 is 15.1 Å². The van der Waals surface area contributed by atoms with Crippen molar-refractivity contribution < 1.29 is 9.59 Å². The van der Waals surface area contributed by atoms with Gasteiger partial charge >= 0.3 is 6.03 Å². The molecule has 1 aliphatic heterocycles. The van der Waals surface area contributed by atoms with Crippen molar-refractivity contribution in [2.45, 2.75) is 20.8 Å². The molecule has 1 aliphatic rings. The molecule has 120 valence electrons. The third-order valence-electron chi connectivity index (χ3n) is 3.87. The molecule has 1 N–H and O–H groups in total. The van der Waals surface area contributed by atoms with E-state index in [0.717, 1.165) is 37.4 Å². The van der Waals surface area contributed by atoms with Gasteiger partial charge in [-0.25, -0.2) is 4.79 Å². The summed E-state index contributed by atoms with van der Waals surface area (Å²) in [5.41, 5.74) is 1.84. The Morgan fingerprint density at radius 1 is 1.09 bits per heavy atom. The Labute approximate surface area is 132 Å². The van der Waals surface area contributed by atoms with E-state index in [0.29, 0.717) is 12.5 Å². The summed E-state index contributed by atoms with van der Waals surface area (Å²) in [7, 11) is 0. The lowest BCUT2D eigenvalue weighted by Gasteiger charge is -2.36. The molecule has 0 atom stereocenters. The lowest BCUT2D eigenvalue weighted by Crippen LogP contribution is -2.52. The first-order chi connectivity index (χ1) is 10.5. The van der Waals surface area contributed by atoms with Gasteiger partial charge in [0.15, 0.2) is 5.78 Å². The van der Waals surface area contributed by atoms with E-state index in [2.05, 4.69) is 24.1 Å². The summed E-state index contributed by atoms with van der Waals surface area (Å²) in [6, 6.07) is 7.70. The van der Waals surface area contributed by atoms with Gasteiger partial charge in [0.1, 0.15) is 0 Å². The molecule has 1 aromatic carbocycles. The van der Waals surface area contributed by atoms with Crippen molar-refractivity contribution in [2.24, 2.45) is 5.92 Å². The number of anilines is 1. The van der Waals surface area contributed by atoms with E-state index in [1.807, 2.05) is 29.2 Å². The molecule has 0 spiro atoms. The molecule has 22 heavy (non-hydrogen) atoms. The van der Waals surface area contributed by atoms with Crippen molar-refractivity contribution in [3.63, 3.8) is 0 Å². The zero-order valence-electron chi connectivity index (χ0n) is 13.6. The van der Waals surface area contributed by atoms with Crippen LogP contribution in [-0.2, 0) is 0 Å². The summed E-state index contributed by atoms with van der Waals surface area (Å²) < 4.78 is 0. The van der Waals surface area contributed by atoms with E-state index in [9.17, 15) is 9.59 Å². The van der Waals surface area contributed by atoms with Crippen LogP contribution < -0.4 is 10.2 Å². The van der Waals surface area contributed by atoms with Gasteiger partial charge in [0.2, 0.25) is 0 Å². The molecule has 2 amide bonds. The Morgan fingerprint density at radius 2 is 1.68 bits per heavy atom. The fourth-order valence-electron chi connectivity index (χ4n) is 2.48. The lowest BCUT2D eigenvalue weighted by molar-refractivity contribution is 0.101. The van der Waals surface area contributed by atoms with Crippen LogP contribution in [-0.4, -0.2) is 49.4 Å². The predicted molar refractivity (Wildman–Crippen MR) is 88.5 cm³/mol. The van der Waals surface area contributed by atoms with Gasteiger partial charge in [0.05, 0.1) is 0 Å². The Balaban J connectivity index is 1.86. The van der Waals surface area contributed by atoms with Crippen molar-refractivity contribution in [1.82, 2.24) is 10.2 Å². The van der Waals surface area contributed by atoms with Crippen LogP contribution in [0.25, 0.3) is 0 Å². The zero-order chi connectivity index (χ0) is 16.1. The van der Waals surface area contributed by atoms with Gasteiger partial charge in [0, 0.05) is 44.0 Å². The van der Waals surface area contributed by atoms with Crippen LogP contribution in [0.2, 0.25) is 0 Å². The highest BCUT2D eigenvalue weighted by molar-refractivity contribution is 5.94. The molecular weight excluding hydrogens is 278 g/mol. The number of nitrogens with one attached hydrogen (secondary N) is 1. The number of hydrogen-bond donors (Lipinski definition) is 1. The van der Waals surface area contributed by atoms with Gasteiger partial charge in [-0.05, 0) is 37.1 Å². The van der Waals surface area contributed by atoms with E-state index >= 15 is 0 Å². The van der Waals surface area contributed by atoms with Crippen molar-refractivity contribution in [2.75, 3.05) is 37.6 Å². The molecule has 1 saturated heterocycles. The molecule has 0 unspecified atom stereocenters. The number of urea groups is 1. The molecule has 0 aromatic heterocycles. The smallest absolute Gasteiger partial charge is 0.317 e. The third kappa shape index (κ3) is 4.23. The number of carbonyl (C=O) groups is 2. The Kier molecular flexibility index (Phi) is 5.41. The molecule has 0 aliphatic carbocycles. The highest BCUT2D eigenvalue weighted by Gasteiger charge is 2.21. The number of rotatable bonds is 4. The Bertz CT molecular complexity index is 517. The number of carbonyl (C=O) groups excluding carboxylic acids is 2. The van der Waals surface area contributed by atoms with E-state index in [1.165, 1.54) is 0 Å². The fraction of sp³-hybridized carbons (Fsp3) is 0.529. The summed E-state index contributed by atoms with van der Waals surface area (Å²) in [5.74, 6) is 0.545. The number of ketones is 1. The Morgan fingerprint density at radius 3 is 2.18 bits per heavy atom. The fourth-order valence-corrected chi connectivity index (χ4v) is 2.48. The second-order valence-corrected chi connectivity index (χ2v) is 6.16. The van der Waals surface area contributed by atoms with E-state index < -0.39 is 0 Å². The molecule has 0 radical (unpaired) electrons.